The predicted octanol–water partition coefficient (Wildman–Crippen LogP) is 1.71. The summed E-state index contributed by atoms with van der Waals surface area (Å²) >= 11 is 1.73. The highest BCUT2D eigenvalue weighted by Gasteiger charge is 2.11. The van der Waals surface area contributed by atoms with Crippen LogP contribution in [0.2, 0.25) is 0 Å². The molecule has 2 rings (SSSR count). The van der Waals surface area contributed by atoms with Crippen molar-refractivity contribution in [2.45, 2.75) is 6.04 Å². The van der Waals surface area contributed by atoms with Crippen LogP contribution in [0.1, 0.15) is 0 Å². The van der Waals surface area contributed by atoms with Crippen molar-refractivity contribution in [2.75, 3.05) is 32.2 Å². The maximum absolute atomic E-state index is 5.95. The topological polar surface area (TPSA) is 51.4 Å². The van der Waals surface area contributed by atoms with E-state index in [1.165, 1.54) is 10.1 Å². The van der Waals surface area contributed by atoms with E-state index in [2.05, 4.69) is 21.3 Å². The molecule has 0 amide bonds. The first kappa shape index (κ1) is 12.3. The number of ether oxygens (including phenoxy) is 1. The molecule has 0 saturated heterocycles. The number of hydrogen-bond acceptors (Lipinski definition) is 5. The average molecular weight is 251 g/mol. The SMILES string of the molecule is COCC(N)CN(C)c1nccc2sccc12. The average Bonchev–Trinajstić information content (AvgIpc) is 2.76. The van der Waals surface area contributed by atoms with Crippen molar-refractivity contribution >= 4 is 27.2 Å². The predicted molar refractivity (Wildman–Crippen MR) is 72.7 cm³/mol. The molecular formula is C12H17N3OS. The van der Waals surface area contributed by atoms with Gasteiger partial charge in [0, 0.05) is 43.0 Å². The lowest BCUT2D eigenvalue weighted by molar-refractivity contribution is 0.181. The summed E-state index contributed by atoms with van der Waals surface area (Å²) in [5, 5.41) is 3.27. The monoisotopic (exact) mass is 251 g/mol. The van der Waals surface area contributed by atoms with Gasteiger partial charge in [-0.2, -0.15) is 0 Å². The Morgan fingerprint density at radius 1 is 1.53 bits per heavy atom. The van der Waals surface area contributed by atoms with Gasteiger partial charge in [0.25, 0.3) is 0 Å². The highest BCUT2D eigenvalue weighted by atomic mass is 32.1. The summed E-state index contributed by atoms with van der Waals surface area (Å²) in [5.74, 6) is 0.982. The van der Waals surface area contributed by atoms with Crippen LogP contribution in [0.15, 0.2) is 23.7 Å². The Bertz CT molecular complexity index is 485. The zero-order chi connectivity index (χ0) is 12.3. The number of aromatic nitrogens is 1. The number of pyridine rings is 1. The van der Waals surface area contributed by atoms with Gasteiger partial charge in [-0.3, -0.25) is 0 Å². The minimum absolute atomic E-state index is 0.000641. The van der Waals surface area contributed by atoms with Crippen molar-refractivity contribution in [3.05, 3.63) is 23.7 Å². The number of methoxy groups -OCH3 is 1. The standard InChI is InChI=1S/C12H17N3OS/c1-15(7-9(13)8-16-2)12-10-4-6-17-11(10)3-5-14-12/h3-6,9H,7-8,13H2,1-2H3. The van der Waals surface area contributed by atoms with Crippen molar-refractivity contribution in [3.63, 3.8) is 0 Å². The first-order chi connectivity index (χ1) is 8.22. The number of hydrogen-bond donors (Lipinski definition) is 1. The fraction of sp³-hybridized carbons (Fsp3) is 0.417. The molecule has 17 heavy (non-hydrogen) atoms. The summed E-state index contributed by atoms with van der Waals surface area (Å²) in [4.78, 5) is 6.51. The van der Waals surface area contributed by atoms with E-state index >= 15 is 0 Å². The van der Waals surface area contributed by atoms with Gasteiger partial charge in [0.1, 0.15) is 5.82 Å². The van der Waals surface area contributed by atoms with Crippen LogP contribution in [-0.4, -0.2) is 38.3 Å². The van der Waals surface area contributed by atoms with Crippen molar-refractivity contribution in [2.24, 2.45) is 5.73 Å². The van der Waals surface area contributed by atoms with E-state index < -0.39 is 0 Å². The molecule has 0 aliphatic heterocycles. The number of rotatable bonds is 5. The summed E-state index contributed by atoms with van der Waals surface area (Å²) < 4.78 is 6.29. The minimum Gasteiger partial charge on any atom is -0.383 e. The van der Waals surface area contributed by atoms with Gasteiger partial charge in [-0.15, -0.1) is 11.3 Å². The van der Waals surface area contributed by atoms with Gasteiger partial charge in [-0.1, -0.05) is 0 Å². The molecule has 4 nitrogen and oxygen atoms in total. The molecule has 2 N–H and O–H groups in total. The molecule has 0 saturated carbocycles. The quantitative estimate of drug-likeness (QED) is 0.879. The Hall–Kier alpha value is -1.17. The van der Waals surface area contributed by atoms with Gasteiger partial charge in [0.05, 0.1) is 6.61 Å². The van der Waals surface area contributed by atoms with Crippen LogP contribution in [0.25, 0.3) is 10.1 Å². The molecule has 0 fully saturated rings. The van der Waals surface area contributed by atoms with E-state index in [9.17, 15) is 0 Å². The smallest absolute Gasteiger partial charge is 0.137 e. The lowest BCUT2D eigenvalue weighted by Crippen LogP contribution is -2.38. The maximum atomic E-state index is 5.95. The fourth-order valence-electron chi connectivity index (χ4n) is 1.89. The van der Waals surface area contributed by atoms with Crippen LogP contribution in [0.3, 0.4) is 0 Å². The zero-order valence-corrected chi connectivity index (χ0v) is 10.9. The van der Waals surface area contributed by atoms with Gasteiger partial charge < -0.3 is 15.4 Å². The third-order valence-corrected chi connectivity index (χ3v) is 3.49. The number of anilines is 1. The second-order valence-corrected chi connectivity index (χ2v) is 5.01. The molecule has 0 radical (unpaired) electrons. The van der Waals surface area contributed by atoms with Gasteiger partial charge in [0.15, 0.2) is 0 Å². The van der Waals surface area contributed by atoms with E-state index in [-0.39, 0.29) is 6.04 Å². The molecule has 2 aromatic heterocycles. The van der Waals surface area contributed by atoms with Crippen molar-refractivity contribution in [1.29, 1.82) is 0 Å². The molecule has 2 heterocycles. The Morgan fingerprint density at radius 2 is 2.35 bits per heavy atom. The van der Waals surface area contributed by atoms with E-state index in [0.29, 0.717) is 6.61 Å². The normalized spacial score (nSPS) is 12.9. The Kier molecular flexibility index (Phi) is 3.93. The van der Waals surface area contributed by atoms with Crippen molar-refractivity contribution in [3.8, 4) is 0 Å². The van der Waals surface area contributed by atoms with Crippen LogP contribution in [0.4, 0.5) is 5.82 Å². The minimum atomic E-state index is 0.000641. The van der Waals surface area contributed by atoms with E-state index in [1.807, 2.05) is 19.3 Å². The molecular weight excluding hydrogens is 234 g/mol. The van der Waals surface area contributed by atoms with Crippen LogP contribution >= 0.6 is 11.3 Å². The molecule has 0 aliphatic rings. The molecule has 0 aromatic carbocycles. The second kappa shape index (κ2) is 5.44. The summed E-state index contributed by atoms with van der Waals surface area (Å²) in [5.41, 5.74) is 5.95. The lowest BCUT2D eigenvalue weighted by Gasteiger charge is -2.22. The molecule has 1 atom stereocenters. The van der Waals surface area contributed by atoms with Crippen LogP contribution in [0, 0.1) is 0 Å². The van der Waals surface area contributed by atoms with Gasteiger partial charge in [0.2, 0.25) is 0 Å². The molecule has 1 unspecified atom stereocenters. The third-order valence-electron chi connectivity index (χ3n) is 2.61. The van der Waals surface area contributed by atoms with Gasteiger partial charge >= 0.3 is 0 Å². The molecule has 92 valence electrons. The first-order valence-corrected chi connectivity index (χ1v) is 6.38. The van der Waals surface area contributed by atoms with E-state index in [4.69, 9.17) is 10.5 Å². The van der Waals surface area contributed by atoms with Crippen LogP contribution in [-0.2, 0) is 4.74 Å². The van der Waals surface area contributed by atoms with Crippen molar-refractivity contribution < 1.29 is 4.74 Å². The Labute approximate surface area is 105 Å². The number of thiophene rings is 1. The maximum Gasteiger partial charge on any atom is 0.137 e. The number of nitrogens with two attached hydrogens (primary N) is 1. The fourth-order valence-corrected chi connectivity index (χ4v) is 2.67. The Morgan fingerprint density at radius 3 is 3.12 bits per heavy atom. The molecule has 0 aliphatic carbocycles. The van der Waals surface area contributed by atoms with Crippen LogP contribution < -0.4 is 10.6 Å². The molecule has 0 spiro atoms. The van der Waals surface area contributed by atoms with E-state index in [0.717, 1.165) is 12.4 Å². The van der Waals surface area contributed by atoms with E-state index in [1.54, 1.807) is 18.4 Å². The summed E-state index contributed by atoms with van der Waals surface area (Å²) in [6, 6.07) is 4.13. The lowest BCUT2D eigenvalue weighted by atomic mass is 10.2. The summed E-state index contributed by atoms with van der Waals surface area (Å²) in [6.45, 7) is 1.29. The Balaban J connectivity index is 2.18. The highest BCUT2D eigenvalue weighted by molar-refractivity contribution is 7.17. The second-order valence-electron chi connectivity index (χ2n) is 4.06. The molecule has 5 heteroatoms. The van der Waals surface area contributed by atoms with Crippen LogP contribution in [0.5, 0.6) is 0 Å². The summed E-state index contributed by atoms with van der Waals surface area (Å²) in [6.07, 6.45) is 1.84. The third kappa shape index (κ3) is 2.74. The summed E-state index contributed by atoms with van der Waals surface area (Å²) in [7, 11) is 3.67. The molecule has 0 bridgehead atoms. The van der Waals surface area contributed by atoms with Crippen molar-refractivity contribution in [1.82, 2.24) is 4.98 Å². The number of fused-ring (bicyclic) bond motifs is 1. The number of likely N-dealkylation sites (N-methyl/N-ethyl adjacent to an activating group) is 1. The largest absolute Gasteiger partial charge is 0.383 e. The first-order valence-electron chi connectivity index (χ1n) is 5.50. The zero-order valence-electron chi connectivity index (χ0n) is 10.1. The number of nitrogens with zero attached hydrogens (tertiary/aromatic N) is 2. The molecule has 2 aromatic rings. The highest BCUT2D eigenvalue weighted by Crippen LogP contribution is 2.27. The van der Waals surface area contributed by atoms with Gasteiger partial charge in [-0.05, 0) is 17.5 Å². The van der Waals surface area contributed by atoms with Gasteiger partial charge in [-0.25, -0.2) is 4.98 Å².